The van der Waals surface area contributed by atoms with Crippen molar-refractivity contribution in [2.45, 2.75) is 19.3 Å². The molecule has 0 aliphatic carbocycles. The molecule has 1 aromatic carbocycles. The summed E-state index contributed by atoms with van der Waals surface area (Å²) in [4.78, 5) is 9.74. The lowest BCUT2D eigenvalue weighted by molar-refractivity contribution is -0.385. The molecule has 0 fully saturated rings. The second kappa shape index (κ2) is 3.70. The van der Waals surface area contributed by atoms with Crippen LogP contribution >= 0.6 is 0 Å². The van der Waals surface area contributed by atoms with Crippen molar-refractivity contribution in [3.05, 3.63) is 39.7 Å². The van der Waals surface area contributed by atoms with E-state index in [-0.39, 0.29) is 11.3 Å². The number of hydrogen-bond donors (Lipinski definition) is 0. The predicted octanol–water partition coefficient (Wildman–Crippen LogP) is 2.64. The highest BCUT2D eigenvalue weighted by Crippen LogP contribution is 2.27. The first-order valence-corrected chi connectivity index (χ1v) is 4.30. The minimum Gasteiger partial charge on any atom is -0.258 e. The standard InChI is InChI=1S/C11H10FNO2/c1-4-11(2,3)9-6-5-8(13(14)15)7-10(9)12/h1,5-7H,2-3H3. The molecule has 15 heavy (non-hydrogen) atoms. The highest BCUT2D eigenvalue weighted by Gasteiger charge is 2.23. The van der Waals surface area contributed by atoms with Gasteiger partial charge in [0.15, 0.2) is 0 Å². The van der Waals surface area contributed by atoms with E-state index < -0.39 is 16.2 Å². The topological polar surface area (TPSA) is 43.1 Å². The van der Waals surface area contributed by atoms with Crippen molar-refractivity contribution in [2.24, 2.45) is 0 Å². The molecule has 1 aromatic rings. The van der Waals surface area contributed by atoms with Crippen LogP contribution in [0.4, 0.5) is 10.1 Å². The van der Waals surface area contributed by atoms with E-state index in [1.807, 2.05) is 0 Å². The van der Waals surface area contributed by atoms with Crippen LogP contribution in [0.25, 0.3) is 0 Å². The Balaban J connectivity index is 3.27. The van der Waals surface area contributed by atoms with Crippen molar-refractivity contribution >= 4 is 5.69 Å². The Morgan fingerprint density at radius 2 is 2.13 bits per heavy atom. The lowest BCUT2D eigenvalue weighted by Crippen LogP contribution is -2.16. The zero-order chi connectivity index (χ0) is 11.6. The molecule has 0 unspecified atom stereocenters. The van der Waals surface area contributed by atoms with Gasteiger partial charge in [0, 0.05) is 11.6 Å². The van der Waals surface area contributed by atoms with Crippen molar-refractivity contribution < 1.29 is 9.31 Å². The Hall–Kier alpha value is -1.89. The predicted molar refractivity (Wildman–Crippen MR) is 54.9 cm³/mol. The van der Waals surface area contributed by atoms with Crippen LogP contribution in [0.5, 0.6) is 0 Å². The summed E-state index contributed by atoms with van der Waals surface area (Å²) in [7, 11) is 0. The molecular formula is C11H10FNO2. The van der Waals surface area contributed by atoms with Crippen LogP contribution in [0.2, 0.25) is 0 Å². The lowest BCUT2D eigenvalue weighted by Gasteiger charge is -2.18. The van der Waals surface area contributed by atoms with Crippen molar-refractivity contribution in [3.63, 3.8) is 0 Å². The molecule has 0 aliphatic heterocycles. The quantitative estimate of drug-likeness (QED) is 0.425. The molecule has 0 N–H and O–H groups in total. The summed E-state index contributed by atoms with van der Waals surface area (Å²) in [6.45, 7) is 3.36. The van der Waals surface area contributed by atoms with Crippen LogP contribution in [-0.4, -0.2) is 4.92 Å². The second-order valence-electron chi connectivity index (χ2n) is 3.69. The van der Waals surface area contributed by atoms with Gasteiger partial charge in [-0.05, 0) is 19.9 Å². The monoisotopic (exact) mass is 207 g/mol. The lowest BCUT2D eigenvalue weighted by atomic mass is 9.85. The van der Waals surface area contributed by atoms with E-state index in [1.165, 1.54) is 12.1 Å². The van der Waals surface area contributed by atoms with E-state index in [0.29, 0.717) is 0 Å². The van der Waals surface area contributed by atoms with Gasteiger partial charge in [0.25, 0.3) is 5.69 Å². The maximum absolute atomic E-state index is 13.5. The Morgan fingerprint density at radius 3 is 2.53 bits per heavy atom. The smallest absolute Gasteiger partial charge is 0.258 e. The summed E-state index contributed by atoms with van der Waals surface area (Å²) in [6.07, 6.45) is 5.25. The van der Waals surface area contributed by atoms with Gasteiger partial charge in [-0.1, -0.05) is 5.92 Å². The van der Waals surface area contributed by atoms with Gasteiger partial charge in [-0.15, -0.1) is 6.42 Å². The van der Waals surface area contributed by atoms with Crippen LogP contribution in [0.1, 0.15) is 19.4 Å². The first kappa shape index (κ1) is 11.2. The van der Waals surface area contributed by atoms with Gasteiger partial charge in [0.05, 0.1) is 16.4 Å². The summed E-state index contributed by atoms with van der Waals surface area (Å²) in [6, 6.07) is 3.49. The van der Waals surface area contributed by atoms with E-state index in [2.05, 4.69) is 5.92 Å². The number of nitro groups is 1. The van der Waals surface area contributed by atoms with E-state index in [1.54, 1.807) is 13.8 Å². The summed E-state index contributed by atoms with van der Waals surface area (Å²) in [5.74, 6) is 1.79. The van der Waals surface area contributed by atoms with Crippen molar-refractivity contribution in [1.29, 1.82) is 0 Å². The summed E-state index contributed by atoms with van der Waals surface area (Å²) in [5, 5.41) is 10.4. The number of nitrogens with zero attached hydrogens (tertiary/aromatic N) is 1. The van der Waals surface area contributed by atoms with Crippen molar-refractivity contribution in [1.82, 2.24) is 0 Å². The maximum Gasteiger partial charge on any atom is 0.272 e. The van der Waals surface area contributed by atoms with Gasteiger partial charge in [0.2, 0.25) is 0 Å². The van der Waals surface area contributed by atoms with Gasteiger partial charge in [-0.3, -0.25) is 10.1 Å². The van der Waals surface area contributed by atoms with Gasteiger partial charge >= 0.3 is 0 Å². The van der Waals surface area contributed by atoms with Gasteiger partial charge < -0.3 is 0 Å². The number of non-ortho nitro benzene ring substituents is 1. The number of nitro benzene ring substituents is 1. The number of halogens is 1. The van der Waals surface area contributed by atoms with Gasteiger partial charge in [0.1, 0.15) is 5.82 Å². The molecular weight excluding hydrogens is 197 g/mol. The van der Waals surface area contributed by atoms with Crippen LogP contribution < -0.4 is 0 Å². The highest BCUT2D eigenvalue weighted by atomic mass is 19.1. The number of hydrogen-bond acceptors (Lipinski definition) is 2. The molecule has 0 radical (unpaired) electrons. The normalized spacial score (nSPS) is 10.8. The van der Waals surface area contributed by atoms with Crippen molar-refractivity contribution in [2.75, 3.05) is 0 Å². The molecule has 1 rings (SSSR count). The molecule has 0 heterocycles. The minimum absolute atomic E-state index is 0.274. The molecule has 0 aliphatic rings. The summed E-state index contributed by atoms with van der Waals surface area (Å²) < 4.78 is 13.5. The van der Waals surface area contributed by atoms with E-state index in [9.17, 15) is 14.5 Å². The highest BCUT2D eigenvalue weighted by molar-refractivity contribution is 5.40. The Bertz CT molecular complexity index is 446. The van der Waals surface area contributed by atoms with E-state index in [4.69, 9.17) is 6.42 Å². The first-order chi connectivity index (χ1) is 6.88. The van der Waals surface area contributed by atoms with Gasteiger partial charge in [-0.25, -0.2) is 4.39 Å². The zero-order valence-electron chi connectivity index (χ0n) is 8.45. The molecule has 3 nitrogen and oxygen atoms in total. The largest absolute Gasteiger partial charge is 0.272 e. The summed E-state index contributed by atoms with van der Waals surface area (Å²) in [5.41, 5.74) is -0.751. The molecule has 4 heteroatoms. The molecule has 0 amide bonds. The van der Waals surface area contributed by atoms with Gasteiger partial charge in [-0.2, -0.15) is 0 Å². The van der Waals surface area contributed by atoms with Crippen LogP contribution in [-0.2, 0) is 5.41 Å². The minimum atomic E-state index is -0.765. The SMILES string of the molecule is C#CC(C)(C)c1ccc([N+](=O)[O-])cc1F. The second-order valence-corrected chi connectivity index (χ2v) is 3.69. The van der Waals surface area contributed by atoms with E-state index in [0.717, 1.165) is 6.07 Å². The third kappa shape index (κ3) is 2.13. The Morgan fingerprint density at radius 1 is 1.53 bits per heavy atom. The molecule has 0 saturated heterocycles. The van der Waals surface area contributed by atoms with E-state index >= 15 is 0 Å². The number of rotatable bonds is 2. The van der Waals surface area contributed by atoms with Crippen LogP contribution in [0.3, 0.4) is 0 Å². The zero-order valence-corrected chi connectivity index (χ0v) is 8.45. The Kier molecular flexibility index (Phi) is 2.76. The molecule has 0 saturated carbocycles. The maximum atomic E-state index is 13.5. The van der Waals surface area contributed by atoms with Crippen molar-refractivity contribution in [3.8, 4) is 12.3 Å². The average molecular weight is 207 g/mol. The fraction of sp³-hybridized carbons (Fsp3) is 0.273. The van der Waals surface area contributed by atoms with Crippen LogP contribution in [0.15, 0.2) is 18.2 Å². The molecule has 0 spiro atoms. The number of benzene rings is 1. The first-order valence-electron chi connectivity index (χ1n) is 4.30. The third-order valence-electron chi connectivity index (χ3n) is 2.20. The molecule has 0 bridgehead atoms. The fourth-order valence-corrected chi connectivity index (χ4v) is 1.20. The Labute approximate surface area is 87.1 Å². The van der Waals surface area contributed by atoms with Crippen LogP contribution in [0, 0.1) is 28.3 Å². The fourth-order valence-electron chi connectivity index (χ4n) is 1.20. The molecule has 0 aromatic heterocycles. The third-order valence-corrected chi connectivity index (χ3v) is 2.20. The summed E-state index contributed by atoms with van der Waals surface area (Å²) >= 11 is 0. The number of terminal acetylenes is 1. The molecule has 0 atom stereocenters. The average Bonchev–Trinajstić information content (AvgIpc) is 2.17. The molecule has 78 valence electrons.